The van der Waals surface area contributed by atoms with Gasteiger partial charge in [0.25, 0.3) is 0 Å². The number of likely N-dealkylation sites (tertiary alicyclic amines) is 2. The number of carboxylic acids is 1. The maximum absolute atomic E-state index is 14.6. The summed E-state index contributed by atoms with van der Waals surface area (Å²) < 4.78 is 0. The van der Waals surface area contributed by atoms with Crippen LogP contribution in [0.1, 0.15) is 90.0 Å². The molecule has 2 fully saturated rings. The van der Waals surface area contributed by atoms with Gasteiger partial charge >= 0.3 is 5.97 Å². The maximum Gasteiger partial charge on any atom is 0.328 e. The summed E-state index contributed by atoms with van der Waals surface area (Å²) in [4.78, 5) is 169. The van der Waals surface area contributed by atoms with Gasteiger partial charge in [0.2, 0.25) is 65.0 Å². The Bertz CT molecular complexity index is 2640. The molecular weight excluding hydrogens is 1050 g/mol. The maximum atomic E-state index is 14.6. The minimum atomic E-state index is -1.91. The second-order valence-corrected chi connectivity index (χ2v) is 19.7. The average molecular weight is 1130 g/mol. The lowest BCUT2D eigenvalue weighted by molar-refractivity contribution is -0.150. The molecule has 2 aromatic rings. The molecule has 440 valence electrons. The SMILES string of the molecule is C[C@@H](O)[C@H](NC(=O)[C@@H]1CCCN1C(=O)[C@@H]1CCCN1C(=O)[C@H](CC(N)=O)NC(=O)[C@@H](NC(=O)[C@H](CCCN=C(N)N)NC(=O)[C@H](Cc1c[nH]c2ccccc12)NC(=O)[C@H](CCC(N)=O)NC(=O)[C@@H](N)CCC(N)=O)[C@@H](C)O)C(=O)O. The second kappa shape index (κ2) is 30.1. The van der Waals surface area contributed by atoms with E-state index in [2.05, 4.69) is 41.9 Å². The number of aliphatic carboxylic acids is 1. The smallest absolute Gasteiger partial charge is 0.328 e. The minimum absolute atomic E-state index is 0.0109. The van der Waals surface area contributed by atoms with E-state index in [1.54, 1.807) is 30.5 Å². The highest BCUT2D eigenvalue weighted by atomic mass is 16.4. The van der Waals surface area contributed by atoms with E-state index in [1.165, 1.54) is 11.8 Å². The fourth-order valence-electron chi connectivity index (χ4n) is 9.25. The zero-order chi connectivity index (χ0) is 59.5. The molecule has 11 atom stereocenters. The van der Waals surface area contributed by atoms with Crippen LogP contribution in [-0.2, 0) is 64.0 Å². The highest BCUT2D eigenvalue weighted by Crippen LogP contribution is 2.27. The number of aliphatic hydroxyl groups is 2. The predicted octanol–water partition coefficient (Wildman–Crippen LogP) is -6.77. The van der Waals surface area contributed by atoms with Gasteiger partial charge in [0.15, 0.2) is 12.0 Å². The number of guanidine groups is 1. The number of rotatable bonds is 31. The van der Waals surface area contributed by atoms with Crippen molar-refractivity contribution in [1.82, 2.24) is 46.7 Å². The van der Waals surface area contributed by atoms with Crippen molar-refractivity contribution in [2.75, 3.05) is 19.6 Å². The molecule has 1 aromatic heterocycles. The van der Waals surface area contributed by atoms with Crippen LogP contribution in [0.25, 0.3) is 10.9 Å². The van der Waals surface area contributed by atoms with E-state index < -0.39 is 150 Å². The summed E-state index contributed by atoms with van der Waals surface area (Å²) in [5.74, 6) is -12.1. The van der Waals surface area contributed by atoms with Crippen LogP contribution in [0.2, 0.25) is 0 Å². The summed E-state index contributed by atoms with van der Waals surface area (Å²) >= 11 is 0. The summed E-state index contributed by atoms with van der Waals surface area (Å²) in [5, 5.41) is 45.6. The highest BCUT2D eigenvalue weighted by Gasteiger charge is 2.45. The van der Waals surface area contributed by atoms with E-state index in [1.807, 2.05) is 0 Å². The Morgan fingerprint density at radius 1 is 0.650 bits per heavy atom. The van der Waals surface area contributed by atoms with Gasteiger partial charge < -0.3 is 96.4 Å². The average Bonchev–Trinajstić information content (AvgIpc) is 4.18. The number of fused-ring (bicyclic) bond motifs is 1. The van der Waals surface area contributed by atoms with Crippen molar-refractivity contribution >= 4 is 87.8 Å². The molecule has 2 aliphatic heterocycles. The Labute approximate surface area is 458 Å². The van der Waals surface area contributed by atoms with E-state index >= 15 is 0 Å². The van der Waals surface area contributed by atoms with Crippen molar-refractivity contribution in [2.45, 2.75) is 157 Å². The molecule has 31 nitrogen and oxygen atoms in total. The number of aliphatic hydroxyl groups excluding tert-OH is 2. The summed E-state index contributed by atoms with van der Waals surface area (Å²) in [5.41, 5.74) is 34.2. The lowest BCUT2D eigenvalue weighted by Crippen LogP contribution is -2.62. The summed E-state index contributed by atoms with van der Waals surface area (Å²) in [7, 11) is 0. The van der Waals surface area contributed by atoms with Crippen LogP contribution in [0, 0.1) is 0 Å². The van der Waals surface area contributed by atoms with Crippen LogP contribution in [-0.4, -0.2) is 193 Å². The number of aromatic nitrogens is 1. The van der Waals surface area contributed by atoms with Crippen molar-refractivity contribution < 1.29 is 72.9 Å². The van der Waals surface area contributed by atoms with Crippen molar-refractivity contribution in [3.05, 3.63) is 36.0 Å². The van der Waals surface area contributed by atoms with Crippen LogP contribution >= 0.6 is 0 Å². The molecular formula is C49H74N16O15. The number of hydrogen-bond donors (Lipinski definition) is 16. The van der Waals surface area contributed by atoms with Crippen molar-refractivity contribution in [3.8, 4) is 0 Å². The standard InChI is InChI=1S/C49H74N16O15/c1-23(66)38(45(76)61-32(21-37(53)70)46(77)65-19-7-12-34(65)47(78)64-18-6-11-33(64)44(75)63-39(24(2)67)48(79)80)62-42(73)29(10-5-17-56-49(54)55)59-43(74)31(20-25-22-57-28-9-4-3-8-26(25)28)60-41(72)30(14-16-36(52)69)58-40(71)27(50)13-15-35(51)68/h3-4,8-9,22-24,27,29-34,38-39,57,66-67H,5-7,10-21,50H2,1-2H3,(H2,51,68)(H2,52,69)(H2,53,70)(H,58,71)(H,59,74)(H,60,72)(H,61,76)(H,62,73)(H,63,75)(H,79,80)(H4,54,55,56)/t23-,24-,27+,29+,30+,31+,32+,33+,34+,38+,39+/m1/s1. The number of aromatic amines is 1. The number of carboxylic acid groups (broad SMARTS) is 1. The van der Waals surface area contributed by atoms with E-state index in [-0.39, 0.29) is 83.4 Å². The normalized spacial score (nSPS) is 18.4. The summed E-state index contributed by atoms with van der Waals surface area (Å²) in [6.07, 6.45) is -3.33. The molecule has 31 heteroatoms. The van der Waals surface area contributed by atoms with Gasteiger partial charge in [-0.05, 0) is 76.8 Å². The molecule has 0 unspecified atom stereocenters. The first kappa shape index (κ1) is 64.1. The topological polar surface area (TPSA) is 528 Å². The molecule has 0 saturated carbocycles. The minimum Gasteiger partial charge on any atom is -0.480 e. The summed E-state index contributed by atoms with van der Waals surface area (Å²) in [6, 6.07) is -6.76. The molecule has 0 aliphatic carbocycles. The number of hydrogen-bond acceptors (Lipinski definition) is 16. The number of primary amides is 3. The quantitative estimate of drug-likeness (QED) is 0.0190. The number of para-hydroxylation sites is 1. The Balaban J connectivity index is 1.61. The van der Waals surface area contributed by atoms with Gasteiger partial charge in [-0.1, -0.05) is 18.2 Å². The Hall–Kier alpha value is -8.45. The highest BCUT2D eigenvalue weighted by molar-refractivity contribution is 6.00. The van der Waals surface area contributed by atoms with Crippen LogP contribution in [0.4, 0.5) is 0 Å². The number of amides is 11. The number of nitrogens with one attached hydrogen (secondary N) is 7. The van der Waals surface area contributed by atoms with E-state index in [0.29, 0.717) is 22.9 Å². The lowest BCUT2D eigenvalue weighted by atomic mass is 10.0. The van der Waals surface area contributed by atoms with E-state index in [0.717, 1.165) is 11.8 Å². The van der Waals surface area contributed by atoms with Crippen LogP contribution in [0.3, 0.4) is 0 Å². The lowest BCUT2D eigenvalue weighted by Gasteiger charge is -2.33. The third kappa shape index (κ3) is 18.6. The third-order valence-electron chi connectivity index (χ3n) is 13.4. The Morgan fingerprint density at radius 2 is 1.20 bits per heavy atom. The molecule has 22 N–H and O–H groups in total. The Kier molecular flexibility index (Phi) is 24.1. The molecule has 2 saturated heterocycles. The largest absolute Gasteiger partial charge is 0.480 e. The fourth-order valence-corrected chi connectivity index (χ4v) is 9.25. The van der Waals surface area contributed by atoms with Gasteiger partial charge in [0.1, 0.15) is 42.3 Å². The van der Waals surface area contributed by atoms with Gasteiger partial charge in [-0.2, -0.15) is 0 Å². The van der Waals surface area contributed by atoms with Gasteiger partial charge in [-0.25, -0.2) is 4.79 Å². The van der Waals surface area contributed by atoms with Crippen molar-refractivity contribution in [2.24, 2.45) is 39.4 Å². The zero-order valence-electron chi connectivity index (χ0n) is 44.4. The van der Waals surface area contributed by atoms with Crippen molar-refractivity contribution in [1.29, 1.82) is 0 Å². The fraction of sp³-hybridized carbons (Fsp3) is 0.571. The van der Waals surface area contributed by atoms with Crippen LogP contribution in [0.15, 0.2) is 35.5 Å². The summed E-state index contributed by atoms with van der Waals surface area (Å²) in [6.45, 7) is 2.22. The number of H-pyrrole nitrogens is 1. The molecule has 11 amide bonds. The number of nitrogens with two attached hydrogens (primary N) is 6. The zero-order valence-corrected chi connectivity index (χ0v) is 44.4. The first-order valence-electron chi connectivity index (χ1n) is 25.9. The first-order chi connectivity index (χ1) is 37.7. The van der Waals surface area contributed by atoms with E-state index in [9.17, 15) is 72.9 Å². The third-order valence-corrected chi connectivity index (χ3v) is 13.4. The molecule has 2 aliphatic rings. The number of nitrogens with zero attached hydrogens (tertiary/aromatic N) is 3. The van der Waals surface area contributed by atoms with Crippen LogP contribution < -0.4 is 66.3 Å². The molecule has 1 aromatic carbocycles. The number of benzene rings is 1. The second-order valence-electron chi connectivity index (χ2n) is 19.7. The molecule has 80 heavy (non-hydrogen) atoms. The molecule has 3 heterocycles. The molecule has 0 bridgehead atoms. The monoisotopic (exact) mass is 1130 g/mol. The van der Waals surface area contributed by atoms with E-state index in [4.69, 9.17) is 34.4 Å². The Morgan fingerprint density at radius 3 is 1.81 bits per heavy atom. The molecule has 0 radical (unpaired) electrons. The van der Waals surface area contributed by atoms with Gasteiger partial charge in [-0.15, -0.1) is 0 Å². The first-order valence-corrected chi connectivity index (χ1v) is 25.9. The molecule has 4 rings (SSSR count). The number of carbonyl (C=O) groups excluding carboxylic acids is 11. The number of carbonyl (C=O) groups is 12. The number of aliphatic imine (C=N–C) groups is 1. The van der Waals surface area contributed by atoms with Gasteiger partial charge in [0, 0.05) is 56.0 Å². The van der Waals surface area contributed by atoms with Crippen LogP contribution in [0.5, 0.6) is 0 Å². The predicted molar refractivity (Wildman–Crippen MR) is 283 cm³/mol. The van der Waals surface area contributed by atoms with Gasteiger partial charge in [-0.3, -0.25) is 57.7 Å². The van der Waals surface area contributed by atoms with Crippen molar-refractivity contribution in [3.63, 3.8) is 0 Å². The van der Waals surface area contributed by atoms with Gasteiger partial charge in [0.05, 0.1) is 24.7 Å². The molecule has 0 spiro atoms.